The monoisotopic (exact) mass is 358 g/mol. The normalized spacial score (nSPS) is 11.9. The number of anilines is 1. The molecule has 138 valence electrons. The fourth-order valence-corrected chi connectivity index (χ4v) is 2.80. The molecule has 0 saturated carbocycles. The van der Waals surface area contributed by atoms with Crippen molar-refractivity contribution in [3.63, 3.8) is 0 Å². The van der Waals surface area contributed by atoms with E-state index in [0.717, 1.165) is 34.1 Å². The van der Waals surface area contributed by atoms with E-state index in [0.29, 0.717) is 0 Å². The first-order valence-electron chi connectivity index (χ1n) is 9.34. The lowest BCUT2D eigenvalue weighted by Gasteiger charge is -2.18. The van der Waals surface area contributed by atoms with E-state index in [1.54, 1.807) is 6.20 Å². The molecule has 2 aromatic carbocycles. The minimum Gasteiger partial charge on any atom is -0.324 e. The summed E-state index contributed by atoms with van der Waals surface area (Å²) in [5.41, 5.74) is 4.67. The zero-order chi connectivity index (χ0) is 19.4. The molecule has 0 unspecified atom stereocenters. The fraction of sp³-hybridized carbons (Fsp3) is 0.250. The van der Waals surface area contributed by atoms with Crippen LogP contribution in [0.3, 0.4) is 0 Å². The third-order valence-electron chi connectivity index (χ3n) is 4.58. The predicted molar refractivity (Wildman–Crippen MR) is 115 cm³/mol. The van der Waals surface area contributed by atoms with Crippen molar-refractivity contribution < 1.29 is 4.79 Å². The quantitative estimate of drug-likeness (QED) is 0.585. The number of benzene rings is 2. The average Bonchev–Trinajstić information content (AvgIpc) is 2.67. The van der Waals surface area contributed by atoms with E-state index in [2.05, 4.69) is 53.6 Å². The molecule has 1 heterocycles. The molecule has 0 saturated heterocycles. The summed E-state index contributed by atoms with van der Waals surface area (Å²) in [5, 5.41) is 4.03. The van der Waals surface area contributed by atoms with Gasteiger partial charge < -0.3 is 5.32 Å². The second kappa shape index (κ2) is 7.75. The maximum atomic E-state index is 12.4. The second-order valence-corrected chi connectivity index (χ2v) is 7.73. The van der Waals surface area contributed by atoms with E-state index < -0.39 is 5.41 Å². The summed E-state index contributed by atoms with van der Waals surface area (Å²) >= 11 is 0. The summed E-state index contributed by atoms with van der Waals surface area (Å²) < 4.78 is 0. The lowest BCUT2D eigenvalue weighted by molar-refractivity contribution is -0.123. The molecule has 1 aromatic heterocycles. The minimum absolute atomic E-state index is 0.0197. The van der Waals surface area contributed by atoms with Crippen LogP contribution in [-0.4, -0.2) is 10.9 Å². The molecule has 0 radical (unpaired) electrons. The summed E-state index contributed by atoms with van der Waals surface area (Å²) in [6.07, 6.45) is 7.00. The number of amides is 1. The largest absolute Gasteiger partial charge is 0.324 e. The first kappa shape index (κ1) is 18.8. The number of fused-ring (bicyclic) bond motifs is 1. The highest BCUT2D eigenvalue weighted by atomic mass is 16.2. The summed E-state index contributed by atoms with van der Waals surface area (Å²) in [7, 11) is 0. The van der Waals surface area contributed by atoms with Crippen molar-refractivity contribution >= 4 is 34.6 Å². The number of carbonyl (C=O) groups is 1. The molecular formula is C24H26N2O. The highest BCUT2D eigenvalue weighted by Crippen LogP contribution is 2.28. The zero-order valence-electron chi connectivity index (χ0n) is 16.4. The van der Waals surface area contributed by atoms with Gasteiger partial charge in [0.2, 0.25) is 5.91 Å². The van der Waals surface area contributed by atoms with Gasteiger partial charge in [0.1, 0.15) is 0 Å². The van der Waals surface area contributed by atoms with Gasteiger partial charge in [0.15, 0.2) is 0 Å². The zero-order valence-corrected chi connectivity index (χ0v) is 16.4. The number of rotatable bonds is 4. The standard InChI is InChI=1S/C24H26N2O/c1-5-17-8-10-18(11-9-17)12-13-19-14-15-21(26-23(27)24(2,3)4)22-20(19)7-6-16-25-22/h6-16H,5H2,1-4H3,(H,26,27). The summed E-state index contributed by atoms with van der Waals surface area (Å²) in [5.74, 6) is -0.0197. The van der Waals surface area contributed by atoms with E-state index in [1.165, 1.54) is 5.56 Å². The van der Waals surface area contributed by atoms with Crippen molar-refractivity contribution in [1.82, 2.24) is 4.98 Å². The molecule has 3 heteroatoms. The number of nitrogens with zero attached hydrogens (tertiary/aromatic N) is 1. The Labute approximate surface area is 161 Å². The molecule has 3 rings (SSSR count). The lowest BCUT2D eigenvalue weighted by Crippen LogP contribution is -2.27. The number of carbonyl (C=O) groups excluding carboxylic acids is 1. The molecule has 0 bridgehead atoms. The molecule has 3 nitrogen and oxygen atoms in total. The van der Waals surface area contributed by atoms with Gasteiger partial charge in [-0.15, -0.1) is 0 Å². The summed E-state index contributed by atoms with van der Waals surface area (Å²) in [6, 6.07) is 16.5. The maximum absolute atomic E-state index is 12.4. The Hall–Kier alpha value is -2.94. The molecule has 27 heavy (non-hydrogen) atoms. The van der Waals surface area contributed by atoms with Crippen LogP contribution in [0, 0.1) is 5.41 Å². The second-order valence-electron chi connectivity index (χ2n) is 7.73. The number of hydrogen-bond acceptors (Lipinski definition) is 2. The van der Waals surface area contributed by atoms with E-state index in [9.17, 15) is 4.79 Å². The predicted octanol–water partition coefficient (Wildman–Crippen LogP) is 5.95. The van der Waals surface area contributed by atoms with Crippen LogP contribution in [0.1, 0.15) is 44.4 Å². The molecular weight excluding hydrogens is 332 g/mol. The molecule has 0 aliphatic heterocycles. The highest BCUT2D eigenvalue weighted by molar-refractivity contribution is 6.04. The third kappa shape index (κ3) is 4.43. The number of aryl methyl sites for hydroxylation is 1. The van der Waals surface area contributed by atoms with Crippen LogP contribution >= 0.6 is 0 Å². The van der Waals surface area contributed by atoms with Gasteiger partial charge in [0.05, 0.1) is 11.2 Å². The van der Waals surface area contributed by atoms with Crippen molar-refractivity contribution in [2.75, 3.05) is 5.32 Å². The topological polar surface area (TPSA) is 42.0 Å². The van der Waals surface area contributed by atoms with Gasteiger partial charge >= 0.3 is 0 Å². The third-order valence-corrected chi connectivity index (χ3v) is 4.58. The Morgan fingerprint density at radius 3 is 2.44 bits per heavy atom. The SMILES string of the molecule is CCc1ccc(C=Cc2ccc(NC(=O)C(C)(C)C)c3ncccc23)cc1. The van der Waals surface area contributed by atoms with Gasteiger partial charge in [-0.2, -0.15) is 0 Å². The molecule has 0 aliphatic rings. The molecule has 0 atom stereocenters. The smallest absolute Gasteiger partial charge is 0.229 e. The summed E-state index contributed by atoms with van der Waals surface area (Å²) in [6.45, 7) is 7.86. The first-order valence-corrected chi connectivity index (χ1v) is 9.34. The van der Waals surface area contributed by atoms with Gasteiger partial charge in [0.25, 0.3) is 0 Å². The maximum Gasteiger partial charge on any atom is 0.229 e. The number of aromatic nitrogens is 1. The van der Waals surface area contributed by atoms with Crippen molar-refractivity contribution in [1.29, 1.82) is 0 Å². The first-order chi connectivity index (χ1) is 12.9. The number of pyridine rings is 1. The van der Waals surface area contributed by atoms with E-state index >= 15 is 0 Å². The molecule has 0 fully saturated rings. The van der Waals surface area contributed by atoms with Crippen molar-refractivity contribution in [3.8, 4) is 0 Å². The van der Waals surface area contributed by atoms with Gasteiger partial charge in [-0.3, -0.25) is 9.78 Å². The van der Waals surface area contributed by atoms with Crippen LogP contribution in [0.15, 0.2) is 54.7 Å². The van der Waals surface area contributed by atoms with Crippen LogP contribution in [0.25, 0.3) is 23.1 Å². The lowest BCUT2D eigenvalue weighted by atomic mass is 9.95. The van der Waals surface area contributed by atoms with Gasteiger partial charge in [0, 0.05) is 17.0 Å². The fourth-order valence-electron chi connectivity index (χ4n) is 2.80. The minimum atomic E-state index is -0.454. The van der Waals surface area contributed by atoms with Gasteiger partial charge in [-0.1, -0.05) is 76.2 Å². The Kier molecular flexibility index (Phi) is 5.41. The van der Waals surface area contributed by atoms with E-state index in [4.69, 9.17) is 0 Å². The Morgan fingerprint density at radius 2 is 1.78 bits per heavy atom. The number of nitrogens with one attached hydrogen (secondary N) is 1. The van der Waals surface area contributed by atoms with Gasteiger partial charge in [-0.25, -0.2) is 0 Å². The van der Waals surface area contributed by atoms with Crippen molar-refractivity contribution in [2.24, 2.45) is 5.41 Å². The van der Waals surface area contributed by atoms with Crippen molar-refractivity contribution in [3.05, 3.63) is 71.4 Å². The van der Waals surface area contributed by atoms with Crippen LogP contribution < -0.4 is 5.32 Å². The van der Waals surface area contributed by atoms with Crippen LogP contribution in [0.5, 0.6) is 0 Å². The van der Waals surface area contributed by atoms with Crippen LogP contribution in [-0.2, 0) is 11.2 Å². The Bertz CT molecular complexity index is 979. The molecule has 1 amide bonds. The van der Waals surface area contributed by atoms with Crippen LogP contribution in [0.2, 0.25) is 0 Å². The van der Waals surface area contributed by atoms with E-state index in [1.807, 2.05) is 45.0 Å². The van der Waals surface area contributed by atoms with Crippen LogP contribution in [0.4, 0.5) is 5.69 Å². The molecule has 3 aromatic rings. The summed E-state index contributed by atoms with van der Waals surface area (Å²) in [4.78, 5) is 16.9. The Balaban J connectivity index is 1.94. The number of hydrogen-bond donors (Lipinski definition) is 1. The van der Waals surface area contributed by atoms with Gasteiger partial charge in [-0.05, 0) is 35.2 Å². The highest BCUT2D eigenvalue weighted by Gasteiger charge is 2.22. The average molecular weight is 358 g/mol. The van der Waals surface area contributed by atoms with Crippen molar-refractivity contribution in [2.45, 2.75) is 34.1 Å². The molecule has 0 spiro atoms. The van der Waals surface area contributed by atoms with E-state index in [-0.39, 0.29) is 5.91 Å². The molecule has 1 N–H and O–H groups in total. The molecule has 0 aliphatic carbocycles. The Morgan fingerprint density at radius 1 is 1.04 bits per heavy atom.